The Balaban J connectivity index is 1.58. The Hall–Kier alpha value is -3.67. The number of ether oxygens (including phenoxy) is 1. The fourth-order valence-electron chi connectivity index (χ4n) is 4.70. The molecule has 0 aliphatic carbocycles. The molecule has 2 aliphatic rings. The number of carbonyl (C=O) groups excluding carboxylic acids is 2. The summed E-state index contributed by atoms with van der Waals surface area (Å²) in [6.07, 6.45) is -1.13. The highest BCUT2D eigenvalue weighted by Gasteiger charge is 2.70. The lowest BCUT2D eigenvalue weighted by Gasteiger charge is -2.51. The number of carbonyl (C=O) groups is 2. The minimum Gasteiger partial charge on any atom is -0.448 e. The van der Waals surface area contributed by atoms with Crippen molar-refractivity contribution in [2.24, 2.45) is 7.05 Å². The molecule has 0 bridgehead atoms. The van der Waals surface area contributed by atoms with Crippen LogP contribution in [0.25, 0.3) is 0 Å². The van der Waals surface area contributed by atoms with Gasteiger partial charge in [0, 0.05) is 18.6 Å². The molecule has 1 aromatic heterocycles. The molecule has 1 amide bonds. The molecule has 1 fully saturated rings. The highest BCUT2D eigenvalue weighted by atomic mass is 32.3. The summed E-state index contributed by atoms with van der Waals surface area (Å²) in [7, 11) is -13.1. The van der Waals surface area contributed by atoms with Crippen molar-refractivity contribution in [3.8, 4) is 0 Å². The predicted molar refractivity (Wildman–Crippen MR) is 156 cm³/mol. The molecule has 2 atom stereocenters. The highest BCUT2D eigenvalue weighted by molar-refractivity contribution is 8.05. The summed E-state index contributed by atoms with van der Waals surface area (Å²) in [6.45, 7) is 0. The van der Waals surface area contributed by atoms with Gasteiger partial charge in [-0.3, -0.25) is 9.69 Å². The first-order valence-electron chi connectivity index (χ1n) is 13.1. The van der Waals surface area contributed by atoms with Crippen LogP contribution in [0.2, 0.25) is 0 Å². The van der Waals surface area contributed by atoms with Crippen LogP contribution in [0.15, 0.2) is 77.1 Å². The minimum atomic E-state index is -7.31. The number of halogens is 6. The Morgan fingerprint density at radius 3 is 1.96 bits per heavy atom. The third kappa shape index (κ3) is 6.40. The molecule has 3 heterocycles. The fraction of sp³-hybridized carbons (Fsp3) is 0.320. The van der Waals surface area contributed by atoms with Gasteiger partial charge in [0.15, 0.2) is 12.1 Å². The fourth-order valence-corrected chi connectivity index (χ4v) is 10.2. The van der Waals surface area contributed by atoms with Crippen molar-refractivity contribution >= 4 is 55.4 Å². The van der Waals surface area contributed by atoms with Crippen LogP contribution >= 0.6 is 23.5 Å². The second-order valence-corrected chi connectivity index (χ2v) is 15.8. The average molecular weight is 759 g/mol. The van der Waals surface area contributed by atoms with E-state index < -0.39 is 69.9 Å². The molecule has 1 saturated heterocycles. The first-order valence-corrected chi connectivity index (χ1v) is 18.0. The number of thioether (sulfide) groups is 2. The second kappa shape index (κ2) is 13.0. The number of rotatable bonds is 10. The lowest BCUT2D eigenvalue weighted by atomic mass is 10.0. The van der Waals surface area contributed by atoms with Gasteiger partial charge in [-0.05, 0) is 27.1 Å². The van der Waals surface area contributed by atoms with E-state index in [1.54, 1.807) is 60.7 Å². The number of alkyl halides is 6. The Kier molecular flexibility index (Phi) is 9.64. The largest absolute Gasteiger partial charge is 0.512 e. The van der Waals surface area contributed by atoms with Gasteiger partial charge in [0.25, 0.3) is 5.91 Å². The smallest absolute Gasteiger partial charge is 0.448 e. The number of esters is 1. The van der Waals surface area contributed by atoms with Crippen LogP contribution in [0, 0.1) is 0 Å². The number of sulfonamides is 2. The predicted octanol–water partition coefficient (Wildman–Crippen LogP) is 3.17. The Morgan fingerprint density at radius 1 is 0.979 bits per heavy atom. The molecule has 0 radical (unpaired) electrons. The van der Waals surface area contributed by atoms with E-state index >= 15 is 0 Å². The maximum atomic E-state index is 14.0. The van der Waals surface area contributed by atoms with Crippen LogP contribution in [-0.4, -0.2) is 91.5 Å². The molecular weight excluding hydrogens is 739 g/mol. The second-order valence-electron chi connectivity index (χ2n) is 9.91. The van der Waals surface area contributed by atoms with Crippen molar-refractivity contribution in [1.82, 2.24) is 28.8 Å². The maximum Gasteiger partial charge on any atom is 0.512 e. The molecule has 258 valence electrons. The van der Waals surface area contributed by atoms with Gasteiger partial charge in [-0.15, -0.1) is 16.9 Å². The first kappa shape index (κ1) is 35.6. The lowest BCUT2D eigenvalue weighted by Crippen LogP contribution is -2.73. The van der Waals surface area contributed by atoms with Crippen LogP contribution < -0.4 is 0 Å². The molecule has 0 spiro atoms. The monoisotopic (exact) mass is 758 g/mol. The van der Waals surface area contributed by atoms with Crippen LogP contribution in [0.5, 0.6) is 0 Å². The first-order chi connectivity index (χ1) is 22.4. The van der Waals surface area contributed by atoms with E-state index in [2.05, 4.69) is 15.5 Å². The molecule has 2 aromatic carbocycles. The number of aryl methyl sites for hydroxylation is 1. The van der Waals surface area contributed by atoms with Crippen molar-refractivity contribution in [2.45, 2.75) is 33.7 Å². The number of benzene rings is 2. The number of hydrogen-bond acceptors (Lipinski definition) is 12. The Bertz CT molecular complexity index is 1880. The molecule has 1 unspecified atom stereocenters. The summed E-state index contributed by atoms with van der Waals surface area (Å²) in [4.78, 5) is 27.9. The molecule has 23 heteroatoms. The van der Waals surface area contributed by atoms with E-state index in [9.17, 15) is 52.8 Å². The molecule has 13 nitrogen and oxygen atoms in total. The van der Waals surface area contributed by atoms with Crippen molar-refractivity contribution in [3.63, 3.8) is 0 Å². The molecular formula is C25H20F6N6O7S4. The molecule has 48 heavy (non-hydrogen) atoms. The van der Waals surface area contributed by atoms with Crippen LogP contribution in [0.3, 0.4) is 0 Å². The van der Waals surface area contributed by atoms with Gasteiger partial charge in [-0.2, -0.15) is 26.3 Å². The van der Waals surface area contributed by atoms with Gasteiger partial charge in [0.1, 0.15) is 11.1 Å². The van der Waals surface area contributed by atoms with Crippen molar-refractivity contribution in [2.75, 3.05) is 11.5 Å². The average Bonchev–Trinajstić information content (AvgIpc) is 3.44. The summed E-state index contributed by atoms with van der Waals surface area (Å²) >= 11 is 1.41. The summed E-state index contributed by atoms with van der Waals surface area (Å²) in [5, 5.41) is 9.13. The lowest BCUT2D eigenvalue weighted by molar-refractivity contribution is -0.155. The Labute approximate surface area is 276 Å². The zero-order chi connectivity index (χ0) is 35.2. The molecule has 3 aromatic rings. The van der Waals surface area contributed by atoms with E-state index in [0.29, 0.717) is 27.8 Å². The van der Waals surface area contributed by atoms with Crippen LogP contribution in [0.1, 0.15) is 17.2 Å². The van der Waals surface area contributed by atoms with Crippen LogP contribution in [0.4, 0.5) is 26.3 Å². The normalized spacial score (nSPS) is 19.0. The van der Waals surface area contributed by atoms with Crippen molar-refractivity contribution in [1.29, 1.82) is 0 Å². The van der Waals surface area contributed by atoms with Gasteiger partial charge in [0.05, 0.1) is 0 Å². The molecule has 5 rings (SSSR count). The molecule has 0 N–H and O–H groups in total. The SMILES string of the molecule is Cn1nnnc1SCC1=C(C(=O)OC(c2ccccc2)c2ccccc2)N2C(=O)C(N(S(=O)(=O)C(F)(F)F)S(=O)(=O)C(F)(F)F)[C@H]2SC1. The van der Waals surface area contributed by atoms with E-state index in [0.717, 1.165) is 11.8 Å². The zero-order valence-electron chi connectivity index (χ0n) is 23.9. The third-order valence-electron chi connectivity index (χ3n) is 6.88. The summed E-state index contributed by atoms with van der Waals surface area (Å²) in [5.41, 5.74) is -12.7. The number of β-lactam (4-membered cyclic amide) rings is 1. The molecule has 2 aliphatic heterocycles. The van der Waals surface area contributed by atoms with E-state index in [-0.39, 0.29) is 22.2 Å². The highest BCUT2D eigenvalue weighted by Crippen LogP contribution is 2.48. The van der Waals surface area contributed by atoms with Crippen molar-refractivity contribution < 1.29 is 57.5 Å². The molecule has 0 saturated carbocycles. The van der Waals surface area contributed by atoms with E-state index in [1.807, 2.05) is 0 Å². The van der Waals surface area contributed by atoms with E-state index in [4.69, 9.17) is 4.74 Å². The topological polar surface area (TPSA) is 162 Å². The number of amides is 1. The maximum absolute atomic E-state index is 14.0. The standard InChI is InChI=1S/C25H20F6N6O7S4/c1-35-23(32-33-34-35)46-13-16-12-45-21-18(37(47(40,41)24(26,27)28)48(42,43)25(29,30)31)20(38)36(21)17(16)22(39)44-19(14-8-4-2-5-9-14)15-10-6-3-7-11-15/h2-11,18-19,21H,12-13H2,1H3/t18?,21-/m1/s1. The minimum absolute atomic E-state index is 0.0878. The summed E-state index contributed by atoms with van der Waals surface area (Å²) in [5.74, 6) is -3.61. The zero-order valence-corrected chi connectivity index (χ0v) is 27.1. The van der Waals surface area contributed by atoms with E-state index in [1.165, 1.54) is 11.7 Å². The summed E-state index contributed by atoms with van der Waals surface area (Å²) in [6, 6.07) is 13.4. The van der Waals surface area contributed by atoms with Gasteiger partial charge < -0.3 is 4.74 Å². The van der Waals surface area contributed by atoms with Crippen LogP contribution in [-0.2, 0) is 41.4 Å². The number of nitrogens with zero attached hydrogens (tertiary/aromatic N) is 6. The Morgan fingerprint density at radius 2 is 1.50 bits per heavy atom. The number of tetrazole rings is 1. The van der Waals surface area contributed by atoms with Gasteiger partial charge >= 0.3 is 37.0 Å². The van der Waals surface area contributed by atoms with Gasteiger partial charge in [-0.25, -0.2) is 26.3 Å². The summed E-state index contributed by atoms with van der Waals surface area (Å²) < 4.78 is 136. The van der Waals surface area contributed by atoms with Crippen molar-refractivity contribution in [3.05, 3.63) is 83.1 Å². The number of aromatic nitrogens is 4. The number of fused-ring (bicyclic) bond motifs is 1. The quantitative estimate of drug-likeness (QED) is 0.129. The van der Waals surface area contributed by atoms with Gasteiger partial charge in [0.2, 0.25) is 5.16 Å². The third-order valence-corrected chi connectivity index (χ3v) is 13.1. The number of hydrogen-bond donors (Lipinski definition) is 0. The van der Waals surface area contributed by atoms with Gasteiger partial charge in [-0.1, -0.05) is 76.1 Å².